The first-order valence-electron chi connectivity index (χ1n) is 5.56. The zero-order valence-corrected chi connectivity index (χ0v) is 10.7. The molecule has 0 bridgehead atoms. The Morgan fingerprint density at radius 3 is 3.00 bits per heavy atom. The van der Waals surface area contributed by atoms with Crippen LogP contribution in [0, 0.1) is 6.92 Å². The minimum absolute atomic E-state index is 0.618. The van der Waals surface area contributed by atoms with E-state index >= 15 is 0 Å². The predicted octanol–water partition coefficient (Wildman–Crippen LogP) is 3.33. The summed E-state index contributed by atoms with van der Waals surface area (Å²) >= 11 is 1.62. The van der Waals surface area contributed by atoms with Gasteiger partial charge in [-0.1, -0.05) is 17.4 Å². The highest BCUT2D eigenvalue weighted by atomic mass is 32.1. The molecular formula is C13H12N4S. The molecule has 0 amide bonds. The van der Waals surface area contributed by atoms with Gasteiger partial charge in [-0.2, -0.15) is 0 Å². The van der Waals surface area contributed by atoms with E-state index in [2.05, 4.69) is 34.3 Å². The van der Waals surface area contributed by atoms with Crippen LogP contribution in [0.3, 0.4) is 0 Å². The quantitative estimate of drug-likeness (QED) is 0.738. The number of hydrogen-bond acceptors (Lipinski definition) is 5. The van der Waals surface area contributed by atoms with E-state index in [-0.39, 0.29) is 0 Å². The summed E-state index contributed by atoms with van der Waals surface area (Å²) in [6.45, 7) is 2.08. The molecule has 4 nitrogen and oxygen atoms in total. The number of benzene rings is 1. The van der Waals surface area contributed by atoms with E-state index in [0.717, 1.165) is 16.3 Å². The van der Waals surface area contributed by atoms with Gasteiger partial charge in [-0.3, -0.25) is 4.98 Å². The second kappa shape index (κ2) is 4.27. The third-order valence-electron chi connectivity index (χ3n) is 2.64. The number of anilines is 3. The number of nitrogens with zero attached hydrogens (tertiary/aromatic N) is 2. The maximum Gasteiger partial charge on any atom is 0.188 e. The fourth-order valence-electron chi connectivity index (χ4n) is 1.72. The van der Waals surface area contributed by atoms with E-state index in [4.69, 9.17) is 5.73 Å². The van der Waals surface area contributed by atoms with Crippen LogP contribution < -0.4 is 11.1 Å². The lowest BCUT2D eigenvalue weighted by Gasteiger charge is -2.04. The van der Waals surface area contributed by atoms with Crippen molar-refractivity contribution in [3.8, 4) is 0 Å². The van der Waals surface area contributed by atoms with Crippen molar-refractivity contribution in [1.29, 1.82) is 0 Å². The number of fused-ring (bicyclic) bond motifs is 1. The van der Waals surface area contributed by atoms with Crippen molar-refractivity contribution < 1.29 is 0 Å². The number of hydrogen-bond donors (Lipinski definition) is 2. The van der Waals surface area contributed by atoms with Crippen LogP contribution in [0.25, 0.3) is 10.2 Å². The summed E-state index contributed by atoms with van der Waals surface area (Å²) in [6, 6.07) is 8.07. The monoisotopic (exact) mass is 256 g/mol. The molecule has 0 saturated carbocycles. The fraction of sp³-hybridized carbons (Fsp3) is 0.0769. The van der Waals surface area contributed by atoms with Gasteiger partial charge in [0, 0.05) is 6.20 Å². The molecule has 0 aliphatic carbocycles. The molecular weight excluding hydrogens is 244 g/mol. The van der Waals surface area contributed by atoms with Crippen molar-refractivity contribution in [2.75, 3.05) is 11.1 Å². The molecule has 90 valence electrons. The Morgan fingerprint density at radius 2 is 2.17 bits per heavy atom. The lowest BCUT2D eigenvalue weighted by atomic mass is 10.2. The number of pyridine rings is 1. The number of nitrogens with one attached hydrogen (secondary N) is 1. The van der Waals surface area contributed by atoms with E-state index in [1.165, 1.54) is 10.3 Å². The van der Waals surface area contributed by atoms with Crippen LogP contribution in [0.2, 0.25) is 0 Å². The van der Waals surface area contributed by atoms with Gasteiger partial charge in [0.25, 0.3) is 0 Å². The van der Waals surface area contributed by atoms with Crippen LogP contribution in [0.1, 0.15) is 5.56 Å². The largest absolute Gasteiger partial charge is 0.396 e. The van der Waals surface area contributed by atoms with Gasteiger partial charge in [-0.25, -0.2) is 4.98 Å². The van der Waals surface area contributed by atoms with Gasteiger partial charge in [0.05, 0.1) is 27.8 Å². The van der Waals surface area contributed by atoms with Crippen molar-refractivity contribution in [2.24, 2.45) is 0 Å². The van der Waals surface area contributed by atoms with Crippen LogP contribution in [0.15, 0.2) is 36.7 Å². The molecule has 3 aromatic rings. The Bertz CT molecular complexity index is 705. The first-order valence-corrected chi connectivity index (χ1v) is 6.38. The second-order valence-corrected chi connectivity index (χ2v) is 5.11. The average molecular weight is 256 g/mol. The zero-order chi connectivity index (χ0) is 12.5. The predicted molar refractivity (Wildman–Crippen MR) is 76.3 cm³/mol. The molecule has 18 heavy (non-hydrogen) atoms. The van der Waals surface area contributed by atoms with E-state index < -0.39 is 0 Å². The minimum atomic E-state index is 0.618. The summed E-state index contributed by atoms with van der Waals surface area (Å²) < 4.78 is 1.17. The maximum atomic E-state index is 5.84. The molecule has 0 spiro atoms. The van der Waals surface area contributed by atoms with Crippen molar-refractivity contribution >= 4 is 38.1 Å². The molecule has 0 fully saturated rings. The first kappa shape index (κ1) is 11.0. The molecule has 1 aromatic carbocycles. The lowest BCUT2D eigenvalue weighted by molar-refractivity contribution is 1.32. The van der Waals surface area contributed by atoms with Crippen molar-refractivity contribution in [1.82, 2.24) is 9.97 Å². The molecule has 3 N–H and O–H groups in total. The standard InChI is InChI=1S/C13H12N4S/c1-8-2-3-11-12(6-8)18-13(17-11)16-10-4-5-15-7-9(10)14/h2-7H,14H2,1H3,(H,15,16,17). The Morgan fingerprint density at radius 1 is 1.28 bits per heavy atom. The Balaban J connectivity index is 1.98. The summed E-state index contributed by atoms with van der Waals surface area (Å²) in [5.41, 5.74) is 9.53. The molecule has 0 saturated heterocycles. The van der Waals surface area contributed by atoms with Gasteiger partial charge in [-0.15, -0.1) is 0 Å². The number of nitrogens with two attached hydrogens (primary N) is 1. The van der Waals surface area contributed by atoms with Gasteiger partial charge in [-0.05, 0) is 30.7 Å². The number of aryl methyl sites for hydroxylation is 1. The van der Waals surface area contributed by atoms with Crippen LogP contribution in [0.5, 0.6) is 0 Å². The summed E-state index contributed by atoms with van der Waals surface area (Å²) in [6.07, 6.45) is 3.33. The first-order chi connectivity index (χ1) is 8.72. The van der Waals surface area contributed by atoms with E-state index in [1.54, 1.807) is 23.7 Å². The molecule has 0 radical (unpaired) electrons. The van der Waals surface area contributed by atoms with Crippen molar-refractivity contribution in [2.45, 2.75) is 6.92 Å². The van der Waals surface area contributed by atoms with Crippen LogP contribution in [0.4, 0.5) is 16.5 Å². The topological polar surface area (TPSA) is 63.8 Å². The highest BCUT2D eigenvalue weighted by Crippen LogP contribution is 2.30. The third-order valence-corrected chi connectivity index (χ3v) is 3.57. The lowest BCUT2D eigenvalue weighted by Crippen LogP contribution is -1.95. The highest BCUT2D eigenvalue weighted by molar-refractivity contribution is 7.22. The Labute approximate surface area is 109 Å². The van der Waals surface area contributed by atoms with Crippen LogP contribution >= 0.6 is 11.3 Å². The third kappa shape index (κ3) is 2.00. The summed E-state index contributed by atoms with van der Waals surface area (Å²) in [7, 11) is 0. The van der Waals surface area contributed by atoms with E-state index in [1.807, 2.05) is 12.1 Å². The smallest absolute Gasteiger partial charge is 0.188 e. The normalized spacial score (nSPS) is 10.7. The summed E-state index contributed by atoms with van der Waals surface area (Å²) in [5.74, 6) is 0. The minimum Gasteiger partial charge on any atom is -0.396 e. The Hall–Kier alpha value is -2.14. The van der Waals surface area contributed by atoms with Crippen LogP contribution in [-0.4, -0.2) is 9.97 Å². The van der Waals surface area contributed by atoms with Gasteiger partial charge >= 0.3 is 0 Å². The number of rotatable bonds is 2. The second-order valence-electron chi connectivity index (χ2n) is 4.08. The summed E-state index contributed by atoms with van der Waals surface area (Å²) in [4.78, 5) is 8.48. The van der Waals surface area contributed by atoms with Gasteiger partial charge in [0.2, 0.25) is 0 Å². The molecule has 2 heterocycles. The summed E-state index contributed by atoms with van der Waals surface area (Å²) in [5, 5.41) is 4.06. The van der Waals surface area contributed by atoms with Gasteiger partial charge in [0.15, 0.2) is 5.13 Å². The number of aromatic nitrogens is 2. The zero-order valence-electron chi connectivity index (χ0n) is 9.84. The molecule has 3 rings (SSSR count). The maximum absolute atomic E-state index is 5.84. The molecule has 0 atom stereocenters. The van der Waals surface area contributed by atoms with Crippen molar-refractivity contribution in [3.05, 3.63) is 42.2 Å². The number of nitrogen functional groups attached to an aromatic ring is 1. The molecule has 2 aromatic heterocycles. The fourth-order valence-corrected chi connectivity index (χ4v) is 2.70. The van der Waals surface area contributed by atoms with E-state index in [0.29, 0.717) is 5.69 Å². The molecule has 0 unspecified atom stereocenters. The number of thiazole rings is 1. The van der Waals surface area contributed by atoms with Gasteiger partial charge < -0.3 is 11.1 Å². The van der Waals surface area contributed by atoms with Crippen molar-refractivity contribution in [3.63, 3.8) is 0 Å². The highest BCUT2D eigenvalue weighted by Gasteiger charge is 2.05. The van der Waals surface area contributed by atoms with Crippen LogP contribution in [-0.2, 0) is 0 Å². The SMILES string of the molecule is Cc1ccc2nc(Nc3ccncc3N)sc2c1. The molecule has 0 aliphatic heterocycles. The average Bonchev–Trinajstić information content (AvgIpc) is 2.73. The Kier molecular flexibility index (Phi) is 2.60. The molecule has 5 heteroatoms. The molecule has 0 aliphatic rings. The van der Waals surface area contributed by atoms with Gasteiger partial charge in [0.1, 0.15) is 0 Å². The van der Waals surface area contributed by atoms with E-state index in [9.17, 15) is 0 Å².